The van der Waals surface area contributed by atoms with Crippen LogP contribution in [0.25, 0.3) is 0 Å². The highest BCUT2D eigenvalue weighted by Crippen LogP contribution is 2.29. The van der Waals surface area contributed by atoms with Gasteiger partial charge in [-0.2, -0.15) is 0 Å². The maximum absolute atomic E-state index is 11.9. The van der Waals surface area contributed by atoms with Crippen molar-refractivity contribution in [3.63, 3.8) is 0 Å². The molecular formula is C13H18N2O. The lowest BCUT2D eigenvalue weighted by atomic mass is 9.77. The summed E-state index contributed by atoms with van der Waals surface area (Å²) in [6.45, 7) is 1.98. The van der Waals surface area contributed by atoms with Crippen LogP contribution in [0.1, 0.15) is 37.8 Å². The Morgan fingerprint density at radius 1 is 1.38 bits per heavy atom. The molecule has 0 aliphatic heterocycles. The largest absolute Gasteiger partial charge is 0.348 e. The van der Waals surface area contributed by atoms with Gasteiger partial charge in [0.25, 0.3) is 0 Å². The molecule has 0 bridgehead atoms. The van der Waals surface area contributed by atoms with Gasteiger partial charge in [0.05, 0.1) is 11.6 Å². The van der Waals surface area contributed by atoms with Gasteiger partial charge in [0.15, 0.2) is 0 Å². The van der Waals surface area contributed by atoms with Crippen molar-refractivity contribution in [2.24, 2.45) is 5.73 Å². The van der Waals surface area contributed by atoms with Crippen LogP contribution in [0, 0.1) is 0 Å². The van der Waals surface area contributed by atoms with E-state index in [0.717, 1.165) is 24.8 Å². The third kappa shape index (κ3) is 2.09. The summed E-state index contributed by atoms with van der Waals surface area (Å²) in [5.41, 5.74) is 6.46. The van der Waals surface area contributed by atoms with E-state index in [1.807, 2.05) is 37.3 Å². The summed E-state index contributed by atoms with van der Waals surface area (Å²) in [4.78, 5) is 11.9. The Morgan fingerprint density at radius 2 is 2.00 bits per heavy atom. The van der Waals surface area contributed by atoms with Gasteiger partial charge in [0.2, 0.25) is 5.91 Å². The van der Waals surface area contributed by atoms with E-state index in [2.05, 4.69) is 5.32 Å². The van der Waals surface area contributed by atoms with Crippen LogP contribution in [0.4, 0.5) is 0 Å². The zero-order valence-corrected chi connectivity index (χ0v) is 9.57. The van der Waals surface area contributed by atoms with Gasteiger partial charge in [0, 0.05) is 0 Å². The van der Waals surface area contributed by atoms with E-state index in [-0.39, 0.29) is 11.9 Å². The zero-order chi connectivity index (χ0) is 11.6. The van der Waals surface area contributed by atoms with Crippen LogP contribution in [0.3, 0.4) is 0 Å². The average molecular weight is 218 g/mol. The molecule has 1 aromatic rings. The number of carbonyl (C=O) groups excluding carboxylic acids is 1. The molecule has 86 valence electrons. The smallest absolute Gasteiger partial charge is 0.240 e. The number of hydrogen-bond acceptors (Lipinski definition) is 2. The predicted octanol–water partition coefficient (Wildman–Crippen LogP) is 1.75. The summed E-state index contributed by atoms with van der Waals surface area (Å²) in [5, 5.41) is 2.97. The molecular weight excluding hydrogens is 200 g/mol. The fourth-order valence-electron chi connectivity index (χ4n) is 1.95. The summed E-state index contributed by atoms with van der Waals surface area (Å²) in [6, 6.07) is 9.95. The molecule has 3 N–H and O–H groups in total. The molecule has 1 saturated carbocycles. The lowest BCUT2D eigenvalue weighted by Crippen LogP contribution is -2.58. The fraction of sp³-hybridized carbons (Fsp3) is 0.462. The molecule has 0 heterocycles. The Bertz CT molecular complexity index is 371. The van der Waals surface area contributed by atoms with E-state index in [9.17, 15) is 4.79 Å². The number of nitrogens with one attached hydrogen (secondary N) is 1. The molecule has 0 saturated heterocycles. The minimum atomic E-state index is -0.608. The number of rotatable bonds is 3. The van der Waals surface area contributed by atoms with Crippen molar-refractivity contribution in [2.75, 3.05) is 0 Å². The van der Waals surface area contributed by atoms with Crippen molar-refractivity contribution in [1.82, 2.24) is 5.32 Å². The number of nitrogens with two attached hydrogens (primary N) is 1. The van der Waals surface area contributed by atoms with Crippen LogP contribution in [-0.2, 0) is 4.79 Å². The highest BCUT2D eigenvalue weighted by molar-refractivity contribution is 5.87. The molecule has 0 aromatic heterocycles. The molecule has 1 aromatic carbocycles. The van der Waals surface area contributed by atoms with Crippen molar-refractivity contribution in [1.29, 1.82) is 0 Å². The fourth-order valence-corrected chi connectivity index (χ4v) is 1.95. The van der Waals surface area contributed by atoms with Crippen molar-refractivity contribution >= 4 is 5.91 Å². The van der Waals surface area contributed by atoms with Gasteiger partial charge in [-0.25, -0.2) is 0 Å². The molecule has 2 rings (SSSR count). The van der Waals surface area contributed by atoms with E-state index in [4.69, 9.17) is 5.73 Å². The third-order valence-electron chi connectivity index (χ3n) is 3.35. The Hall–Kier alpha value is -1.35. The van der Waals surface area contributed by atoms with Gasteiger partial charge in [-0.3, -0.25) is 4.79 Å². The van der Waals surface area contributed by atoms with Crippen LogP contribution < -0.4 is 11.1 Å². The first-order chi connectivity index (χ1) is 7.62. The standard InChI is InChI=1S/C13H18N2O/c1-10(11-6-3-2-4-7-11)15-12(16)13(14)8-5-9-13/h2-4,6-7,10H,5,8-9,14H2,1H3,(H,15,16). The highest BCUT2D eigenvalue weighted by Gasteiger charge is 2.40. The quantitative estimate of drug-likeness (QED) is 0.812. The number of amides is 1. The second kappa shape index (κ2) is 4.26. The van der Waals surface area contributed by atoms with Crippen LogP contribution in [0.5, 0.6) is 0 Å². The van der Waals surface area contributed by atoms with Crippen molar-refractivity contribution in [3.8, 4) is 0 Å². The van der Waals surface area contributed by atoms with Crippen LogP contribution in [0.2, 0.25) is 0 Å². The number of hydrogen-bond donors (Lipinski definition) is 2. The third-order valence-corrected chi connectivity index (χ3v) is 3.35. The normalized spacial score (nSPS) is 19.6. The first-order valence-electron chi connectivity index (χ1n) is 5.77. The van der Waals surface area contributed by atoms with Crippen LogP contribution >= 0.6 is 0 Å². The lowest BCUT2D eigenvalue weighted by Gasteiger charge is -2.37. The SMILES string of the molecule is CC(NC(=O)C1(N)CCC1)c1ccccc1. The molecule has 1 fully saturated rings. The Kier molecular flexibility index (Phi) is 2.97. The molecule has 16 heavy (non-hydrogen) atoms. The van der Waals surface area contributed by atoms with Gasteiger partial charge >= 0.3 is 0 Å². The van der Waals surface area contributed by atoms with E-state index < -0.39 is 5.54 Å². The molecule has 1 atom stereocenters. The second-order valence-corrected chi connectivity index (χ2v) is 4.62. The summed E-state index contributed by atoms with van der Waals surface area (Å²) >= 11 is 0. The molecule has 1 unspecified atom stereocenters. The van der Waals surface area contributed by atoms with Crippen LogP contribution in [0.15, 0.2) is 30.3 Å². The Labute approximate surface area is 96.0 Å². The van der Waals surface area contributed by atoms with Gasteiger partial charge < -0.3 is 11.1 Å². The predicted molar refractivity (Wildman–Crippen MR) is 63.8 cm³/mol. The van der Waals surface area contributed by atoms with E-state index in [0.29, 0.717) is 0 Å². The highest BCUT2D eigenvalue weighted by atomic mass is 16.2. The number of benzene rings is 1. The average Bonchev–Trinajstić information content (AvgIpc) is 2.27. The van der Waals surface area contributed by atoms with Gasteiger partial charge in [-0.05, 0) is 31.7 Å². The van der Waals surface area contributed by atoms with Crippen LogP contribution in [-0.4, -0.2) is 11.4 Å². The summed E-state index contributed by atoms with van der Waals surface area (Å²) in [6.07, 6.45) is 2.67. The molecule has 1 aliphatic rings. The number of carbonyl (C=O) groups is 1. The summed E-state index contributed by atoms with van der Waals surface area (Å²) in [5.74, 6) is -0.0184. The molecule has 0 radical (unpaired) electrons. The van der Waals surface area contributed by atoms with Crippen molar-refractivity contribution < 1.29 is 4.79 Å². The monoisotopic (exact) mass is 218 g/mol. The van der Waals surface area contributed by atoms with Gasteiger partial charge in [-0.15, -0.1) is 0 Å². The van der Waals surface area contributed by atoms with E-state index in [1.54, 1.807) is 0 Å². The van der Waals surface area contributed by atoms with E-state index >= 15 is 0 Å². The summed E-state index contributed by atoms with van der Waals surface area (Å²) < 4.78 is 0. The summed E-state index contributed by atoms with van der Waals surface area (Å²) in [7, 11) is 0. The molecule has 1 amide bonds. The maximum atomic E-state index is 11.9. The Balaban J connectivity index is 1.97. The minimum absolute atomic E-state index is 0.0184. The minimum Gasteiger partial charge on any atom is -0.348 e. The Morgan fingerprint density at radius 3 is 2.50 bits per heavy atom. The van der Waals surface area contributed by atoms with Gasteiger partial charge in [-0.1, -0.05) is 30.3 Å². The zero-order valence-electron chi connectivity index (χ0n) is 9.57. The van der Waals surface area contributed by atoms with Crippen molar-refractivity contribution in [3.05, 3.63) is 35.9 Å². The lowest BCUT2D eigenvalue weighted by molar-refractivity contribution is -0.129. The second-order valence-electron chi connectivity index (χ2n) is 4.62. The molecule has 1 aliphatic carbocycles. The van der Waals surface area contributed by atoms with Gasteiger partial charge in [0.1, 0.15) is 0 Å². The maximum Gasteiger partial charge on any atom is 0.240 e. The van der Waals surface area contributed by atoms with E-state index in [1.165, 1.54) is 0 Å². The topological polar surface area (TPSA) is 55.1 Å². The van der Waals surface area contributed by atoms with Crippen molar-refractivity contribution in [2.45, 2.75) is 37.8 Å². The molecule has 3 nitrogen and oxygen atoms in total. The first-order valence-corrected chi connectivity index (χ1v) is 5.77. The molecule has 0 spiro atoms. The first kappa shape index (κ1) is 11.1. The molecule has 3 heteroatoms.